The summed E-state index contributed by atoms with van der Waals surface area (Å²) < 4.78 is 0. The van der Waals surface area contributed by atoms with Gasteiger partial charge in [0.25, 0.3) is 0 Å². The lowest BCUT2D eigenvalue weighted by Crippen LogP contribution is -1.89. The molecule has 0 aliphatic rings. The van der Waals surface area contributed by atoms with E-state index >= 15 is 0 Å². The second-order valence-electron chi connectivity index (χ2n) is 7.05. The van der Waals surface area contributed by atoms with E-state index < -0.39 is 0 Å². The van der Waals surface area contributed by atoms with E-state index in [2.05, 4.69) is 60.7 Å². The summed E-state index contributed by atoms with van der Waals surface area (Å²) in [7, 11) is 0. The molecular formula is C26H24N2S2. The van der Waals surface area contributed by atoms with Crippen molar-refractivity contribution in [3.8, 4) is 11.1 Å². The molecule has 0 fully saturated rings. The molecule has 4 aromatic carbocycles. The Kier molecular flexibility index (Phi) is 6.67. The predicted octanol–water partition coefficient (Wildman–Crippen LogP) is 7.10. The van der Waals surface area contributed by atoms with E-state index in [4.69, 9.17) is 11.5 Å². The molecule has 0 aliphatic heterocycles. The molecule has 0 atom stereocenters. The molecule has 150 valence electrons. The van der Waals surface area contributed by atoms with Crippen LogP contribution in [0.3, 0.4) is 0 Å². The third-order valence-electron chi connectivity index (χ3n) is 4.87. The van der Waals surface area contributed by atoms with E-state index in [1.54, 1.807) is 23.5 Å². The van der Waals surface area contributed by atoms with E-state index in [0.29, 0.717) is 0 Å². The lowest BCUT2D eigenvalue weighted by Gasteiger charge is -2.08. The Balaban J connectivity index is 1.36. The highest BCUT2D eigenvalue weighted by Gasteiger charge is 2.03. The highest BCUT2D eigenvalue weighted by molar-refractivity contribution is 7.99. The summed E-state index contributed by atoms with van der Waals surface area (Å²) in [6.45, 7) is 0. The molecule has 2 nitrogen and oxygen atoms in total. The summed E-state index contributed by atoms with van der Waals surface area (Å²) in [4.78, 5) is 2.26. The van der Waals surface area contributed by atoms with Crippen LogP contribution in [0.1, 0.15) is 11.1 Å². The highest BCUT2D eigenvalue weighted by atomic mass is 32.2. The van der Waals surface area contributed by atoms with Crippen LogP contribution in [0.5, 0.6) is 0 Å². The van der Waals surface area contributed by atoms with Crippen LogP contribution in [-0.2, 0) is 11.5 Å². The number of thioether (sulfide) groups is 2. The molecule has 0 radical (unpaired) electrons. The lowest BCUT2D eigenvalue weighted by molar-refractivity contribution is 1.37. The summed E-state index contributed by atoms with van der Waals surface area (Å²) in [6, 6.07) is 33.6. The fraction of sp³-hybridized carbons (Fsp3) is 0.0769. The standard InChI is InChI=1S/C26H24N2S2/c27-23-5-1-3-7-25(23)29-17-19-9-13-21(14-10-19)22-15-11-20(12-16-22)18-30-26-8-4-2-6-24(26)28/h1-16H,17-18,27-28H2. The molecule has 4 rings (SSSR count). The fourth-order valence-electron chi connectivity index (χ4n) is 3.13. The number of hydrogen-bond donors (Lipinski definition) is 2. The van der Waals surface area contributed by atoms with Crippen molar-refractivity contribution in [2.75, 3.05) is 11.5 Å². The maximum Gasteiger partial charge on any atom is 0.0452 e. The largest absolute Gasteiger partial charge is 0.398 e. The van der Waals surface area contributed by atoms with Crippen LogP contribution in [0.25, 0.3) is 11.1 Å². The van der Waals surface area contributed by atoms with Gasteiger partial charge < -0.3 is 11.5 Å². The summed E-state index contributed by atoms with van der Waals surface area (Å²) in [5.41, 5.74) is 18.8. The zero-order valence-electron chi connectivity index (χ0n) is 16.6. The summed E-state index contributed by atoms with van der Waals surface area (Å²) in [5, 5.41) is 0. The van der Waals surface area contributed by atoms with Crippen LogP contribution in [0.2, 0.25) is 0 Å². The van der Waals surface area contributed by atoms with E-state index in [-0.39, 0.29) is 0 Å². The van der Waals surface area contributed by atoms with Crippen molar-refractivity contribution in [1.82, 2.24) is 0 Å². The summed E-state index contributed by atoms with van der Waals surface area (Å²) >= 11 is 3.54. The van der Waals surface area contributed by atoms with Gasteiger partial charge >= 0.3 is 0 Å². The molecule has 4 heteroatoms. The maximum atomic E-state index is 6.03. The Morgan fingerprint density at radius 2 is 0.833 bits per heavy atom. The first kappa shape index (κ1) is 20.5. The van der Waals surface area contributed by atoms with Crippen molar-refractivity contribution < 1.29 is 0 Å². The zero-order valence-corrected chi connectivity index (χ0v) is 18.3. The van der Waals surface area contributed by atoms with Crippen molar-refractivity contribution in [2.24, 2.45) is 0 Å². The van der Waals surface area contributed by atoms with Crippen LogP contribution < -0.4 is 11.5 Å². The summed E-state index contributed by atoms with van der Waals surface area (Å²) in [5.74, 6) is 1.82. The monoisotopic (exact) mass is 428 g/mol. The molecule has 0 aliphatic carbocycles. The summed E-state index contributed by atoms with van der Waals surface area (Å²) in [6.07, 6.45) is 0. The third kappa shape index (κ3) is 5.21. The van der Waals surface area contributed by atoms with Gasteiger partial charge in [-0.15, -0.1) is 23.5 Å². The minimum absolute atomic E-state index is 0.840. The van der Waals surface area contributed by atoms with Crippen molar-refractivity contribution in [3.63, 3.8) is 0 Å². The predicted molar refractivity (Wildman–Crippen MR) is 133 cm³/mol. The van der Waals surface area contributed by atoms with Gasteiger partial charge in [-0.05, 0) is 46.5 Å². The quantitative estimate of drug-likeness (QED) is 0.243. The van der Waals surface area contributed by atoms with E-state index in [1.165, 1.54) is 22.3 Å². The molecule has 4 N–H and O–H groups in total. The van der Waals surface area contributed by atoms with Gasteiger partial charge in [-0.25, -0.2) is 0 Å². The molecule has 0 spiro atoms. The smallest absolute Gasteiger partial charge is 0.0452 e. The number of hydrogen-bond acceptors (Lipinski definition) is 4. The zero-order chi connectivity index (χ0) is 20.8. The first-order valence-electron chi connectivity index (χ1n) is 9.82. The van der Waals surface area contributed by atoms with Gasteiger partial charge in [-0.3, -0.25) is 0 Å². The number of benzene rings is 4. The number of nitrogens with two attached hydrogens (primary N) is 2. The van der Waals surface area contributed by atoms with Crippen LogP contribution >= 0.6 is 23.5 Å². The van der Waals surface area contributed by atoms with Gasteiger partial charge in [-0.2, -0.15) is 0 Å². The van der Waals surface area contributed by atoms with Crippen LogP contribution in [0.15, 0.2) is 107 Å². The molecular weight excluding hydrogens is 404 g/mol. The van der Waals surface area contributed by atoms with Gasteiger partial charge in [0.1, 0.15) is 0 Å². The van der Waals surface area contributed by atoms with Crippen LogP contribution in [0, 0.1) is 0 Å². The first-order chi connectivity index (χ1) is 14.7. The minimum atomic E-state index is 0.840. The van der Waals surface area contributed by atoms with Gasteiger partial charge in [0, 0.05) is 32.7 Å². The Hall–Kier alpha value is -2.82. The Labute approximate surface area is 186 Å². The average molecular weight is 429 g/mol. The molecule has 0 heterocycles. The normalized spacial score (nSPS) is 10.8. The van der Waals surface area contributed by atoms with Crippen molar-refractivity contribution in [2.45, 2.75) is 21.3 Å². The second-order valence-corrected chi connectivity index (χ2v) is 9.08. The van der Waals surface area contributed by atoms with E-state index in [0.717, 1.165) is 32.7 Å². The molecule has 4 aromatic rings. The van der Waals surface area contributed by atoms with Crippen molar-refractivity contribution >= 4 is 34.9 Å². The van der Waals surface area contributed by atoms with Gasteiger partial charge in [0.15, 0.2) is 0 Å². The van der Waals surface area contributed by atoms with Crippen molar-refractivity contribution in [3.05, 3.63) is 108 Å². The van der Waals surface area contributed by atoms with E-state index in [9.17, 15) is 0 Å². The Bertz CT molecular complexity index is 1020. The molecule has 0 unspecified atom stereocenters. The molecule has 0 saturated carbocycles. The van der Waals surface area contributed by atoms with Crippen molar-refractivity contribution in [1.29, 1.82) is 0 Å². The first-order valence-corrected chi connectivity index (χ1v) is 11.8. The topological polar surface area (TPSA) is 52.0 Å². The Morgan fingerprint density at radius 1 is 0.467 bits per heavy atom. The average Bonchev–Trinajstić information content (AvgIpc) is 2.79. The SMILES string of the molecule is Nc1ccccc1SCc1ccc(-c2ccc(CSc3ccccc3N)cc2)cc1. The minimum Gasteiger partial charge on any atom is -0.398 e. The molecule has 0 amide bonds. The number of rotatable bonds is 7. The number of nitrogen functional groups attached to an aromatic ring is 2. The Morgan fingerprint density at radius 3 is 1.20 bits per heavy atom. The lowest BCUT2D eigenvalue weighted by atomic mass is 10.0. The number of para-hydroxylation sites is 2. The second kappa shape index (κ2) is 9.79. The maximum absolute atomic E-state index is 6.03. The van der Waals surface area contributed by atoms with Crippen LogP contribution in [-0.4, -0.2) is 0 Å². The van der Waals surface area contributed by atoms with Gasteiger partial charge in [-0.1, -0.05) is 72.8 Å². The third-order valence-corrected chi connectivity index (χ3v) is 7.19. The molecule has 0 aromatic heterocycles. The molecule has 0 saturated heterocycles. The van der Waals surface area contributed by atoms with Gasteiger partial charge in [0.2, 0.25) is 0 Å². The number of anilines is 2. The van der Waals surface area contributed by atoms with Crippen LogP contribution in [0.4, 0.5) is 11.4 Å². The molecule has 30 heavy (non-hydrogen) atoms. The highest BCUT2D eigenvalue weighted by Crippen LogP contribution is 2.30. The van der Waals surface area contributed by atoms with E-state index in [1.807, 2.05) is 36.4 Å². The van der Waals surface area contributed by atoms with Gasteiger partial charge in [0.05, 0.1) is 0 Å². The molecule has 0 bridgehead atoms. The fourth-order valence-corrected chi connectivity index (χ4v) is 4.98.